The quantitative estimate of drug-likeness (QED) is 0.598. The summed E-state index contributed by atoms with van der Waals surface area (Å²) in [6, 6.07) is 0. The van der Waals surface area contributed by atoms with E-state index in [1.807, 2.05) is 4.90 Å². The van der Waals surface area contributed by atoms with Crippen molar-refractivity contribution in [2.75, 3.05) is 26.1 Å². The lowest BCUT2D eigenvalue weighted by atomic mass is 9.72. The first kappa shape index (κ1) is 10.0. The van der Waals surface area contributed by atoms with Gasteiger partial charge in [-0.3, -0.25) is 4.79 Å². The number of hydrogen-bond donors (Lipinski definition) is 1. The van der Waals surface area contributed by atoms with E-state index in [-0.39, 0.29) is 5.41 Å². The smallest absolute Gasteiger partial charge is 0.228 e. The molecule has 1 spiro atoms. The number of nitrogens with zero attached hydrogens (tertiary/aromatic N) is 1. The zero-order valence-electron chi connectivity index (χ0n) is 8.59. The van der Waals surface area contributed by atoms with Crippen molar-refractivity contribution in [3.8, 4) is 0 Å². The number of carbonyl (C=O) groups excluding carboxylic acids is 1. The first-order chi connectivity index (χ1) is 6.78. The van der Waals surface area contributed by atoms with Gasteiger partial charge in [0.15, 0.2) is 0 Å². The fraction of sp³-hybridized carbons (Fsp3) is 0.900. The zero-order valence-corrected chi connectivity index (χ0v) is 8.59. The lowest BCUT2D eigenvalue weighted by Crippen LogP contribution is -2.53. The minimum Gasteiger partial charge on any atom is -0.351 e. The molecule has 0 aromatic carbocycles. The van der Waals surface area contributed by atoms with E-state index in [4.69, 9.17) is 7.85 Å². The molecule has 2 aliphatic heterocycles. The van der Waals surface area contributed by atoms with Crippen LogP contribution in [0.3, 0.4) is 0 Å². The highest BCUT2D eigenvalue weighted by molar-refractivity contribution is 6.10. The molecule has 3 nitrogen and oxygen atoms in total. The summed E-state index contributed by atoms with van der Waals surface area (Å²) in [6.45, 7) is 2.80. The van der Waals surface area contributed by atoms with Crippen LogP contribution in [-0.2, 0) is 4.79 Å². The molecule has 1 amide bonds. The maximum Gasteiger partial charge on any atom is 0.228 e. The van der Waals surface area contributed by atoms with Gasteiger partial charge in [-0.25, -0.2) is 0 Å². The van der Waals surface area contributed by atoms with Crippen molar-refractivity contribution in [3.05, 3.63) is 0 Å². The molecule has 1 N–H and O–H groups in total. The molecule has 2 heterocycles. The van der Waals surface area contributed by atoms with Gasteiger partial charge in [0, 0.05) is 6.54 Å². The van der Waals surface area contributed by atoms with E-state index in [1.165, 1.54) is 0 Å². The van der Waals surface area contributed by atoms with E-state index in [1.54, 1.807) is 0 Å². The van der Waals surface area contributed by atoms with Gasteiger partial charge in [0.25, 0.3) is 0 Å². The van der Waals surface area contributed by atoms with Gasteiger partial charge in [-0.1, -0.05) is 0 Å². The van der Waals surface area contributed by atoms with Gasteiger partial charge in [0.05, 0.1) is 13.3 Å². The number of likely N-dealkylation sites (tertiary alicyclic amines) is 1. The van der Waals surface area contributed by atoms with Crippen molar-refractivity contribution in [3.63, 3.8) is 0 Å². The lowest BCUT2D eigenvalue weighted by molar-refractivity contribution is -0.147. The SMILES string of the molecule is [B]CN1CCCC2(CCNCC2)C1=O. The number of carbonyl (C=O) groups is 1. The maximum absolute atomic E-state index is 12.2. The van der Waals surface area contributed by atoms with Crippen LogP contribution in [0, 0.1) is 5.41 Å². The summed E-state index contributed by atoms with van der Waals surface area (Å²) in [5.41, 5.74) is -0.0666. The molecule has 4 heteroatoms. The van der Waals surface area contributed by atoms with Crippen LogP contribution in [0.4, 0.5) is 0 Å². The average molecular weight is 192 g/mol. The minimum atomic E-state index is -0.0666. The Kier molecular flexibility index (Phi) is 2.82. The standard InChI is InChI=1S/C10H17BN2O/c11-8-13-7-1-2-10(9(13)14)3-5-12-6-4-10/h12H,1-8H2. The first-order valence-corrected chi connectivity index (χ1v) is 5.49. The molecule has 76 valence electrons. The highest BCUT2D eigenvalue weighted by Gasteiger charge is 2.43. The summed E-state index contributed by atoms with van der Waals surface area (Å²) in [5, 5.41) is 3.31. The molecule has 14 heavy (non-hydrogen) atoms. The largest absolute Gasteiger partial charge is 0.351 e. The highest BCUT2D eigenvalue weighted by atomic mass is 16.2. The van der Waals surface area contributed by atoms with E-state index in [2.05, 4.69) is 5.32 Å². The van der Waals surface area contributed by atoms with Crippen molar-refractivity contribution in [1.82, 2.24) is 10.2 Å². The number of hydrogen-bond acceptors (Lipinski definition) is 2. The molecular weight excluding hydrogens is 175 g/mol. The van der Waals surface area contributed by atoms with Crippen molar-refractivity contribution < 1.29 is 4.79 Å². The second-order valence-corrected chi connectivity index (χ2v) is 4.39. The Morgan fingerprint density at radius 2 is 2.07 bits per heavy atom. The van der Waals surface area contributed by atoms with Gasteiger partial charge >= 0.3 is 0 Å². The van der Waals surface area contributed by atoms with Crippen LogP contribution in [0.1, 0.15) is 25.7 Å². The zero-order chi connectivity index (χ0) is 10.0. The summed E-state index contributed by atoms with van der Waals surface area (Å²) in [5.74, 6) is 0.299. The van der Waals surface area contributed by atoms with Crippen molar-refractivity contribution >= 4 is 13.8 Å². The second-order valence-electron chi connectivity index (χ2n) is 4.39. The molecule has 2 saturated heterocycles. The van der Waals surface area contributed by atoms with Crippen LogP contribution in [0.15, 0.2) is 0 Å². The number of amides is 1. The van der Waals surface area contributed by atoms with Gasteiger partial charge in [0.2, 0.25) is 5.91 Å². The average Bonchev–Trinajstić information content (AvgIpc) is 2.24. The third-order valence-electron chi connectivity index (χ3n) is 3.61. The maximum atomic E-state index is 12.2. The molecule has 2 fully saturated rings. The normalized spacial score (nSPS) is 26.9. The number of piperidine rings is 2. The predicted molar refractivity (Wildman–Crippen MR) is 56.1 cm³/mol. The molecule has 0 bridgehead atoms. The Labute approximate surface area is 86.6 Å². The van der Waals surface area contributed by atoms with Crippen molar-refractivity contribution in [2.45, 2.75) is 25.7 Å². The molecule has 0 aromatic heterocycles. The van der Waals surface area contributed by atoms with Gasteiger partial charge in [-0.15, -0.1) is 0 Å². The summed E-state index contributed by atoms with van der Waals surface area (Å²) >= 11 is 0. The van der Waals surface area contributed by atoms with Gasteiger partial charge in [-0.05, 0) is 45.2 Å². The molecule has 0 saturated carbocycles. The summed E-state index contributed by atoms with van der Waals surface area (Å²) < 4.78 is 0. The highest BCUT2D eigenvalue weighted by Crippen LogP contribution is 2.38. The molecule has 0 aliphatic carbocycles. The van der Waals surface area contributed by atoms with E-state index in [0.29, 0.717) is 12.4 Å². The third-order valence-corrected chi connectivity index (χ3v) is 3.61. The van der Waals surface area contributed by atoms with E-state index in [0.717, 1.165) is 45.3 Å². The molecule has 0 atom stereocenters. The summed E-state index contributed by atoms with van der Waals surface area (Å²) in [4.78, 5) is 14.0. The first-order valence-electron chi connectivity index (χ1n) is 5.49. The van der Waals surface area contributed by atoms with E-state index in [9.17, 15) is 4.79 Å². The Balaban J connectivity index is 2.12. The van der Waals surface area contributed by atoms with Gasteiger partial charge in [0.1, 0.15) is 0 Å². The van der Waals surface area contributed by atoms with Crippen LogP contribution < -0.4 is 5.32 Å². The predicted octanol–water partition coefficient (Wildman–Crippen LogP) is 0.105. The molecule has 2 aliphatic rings. The fourth-order valence-electron chi connectivity index (χ4n) is 2.70. The van der Waals surface area contributed by atoms with Crippen molar-refractivity contribution in [1.29, 1.82) is 0 Å². The Hall–Kier alpha value is -0.505. The Morgan fingerprint density at radius 3 is 2.71 bits per heavy atom. The number of rotatable bonds is 1. The van der Waals surface area contributed by atoms with Crippen molar-refractivity contribution in [2.24, 2.45) is 5.41 Å². The Morgan fingerprint density at radius 1 is 1.36 bits per heavy atom. The van der Waals surface area contributed by atoms with Crippen LogP contribution in [0.2, 0.25) is 0 Å². The summed E-state index contributed by atoms with van der Waals surface area (Å²) in [7, 11) is 5.57. The molecular formula is C10H17BN2O. The van der Waals surface area contributed by atoms with Gasteiger partial charge in [-0.2, -0.15) is 0 Å². The van der Waals surface area contributed by atoms with E-state index >= 15 is 0 Å². The minimum absolute atomic E-state index is 0.0666. The van der Waals surface area contributed by atoms with E-state index < -0.39 is 0 Å². The third kappa shape index (κ3) is 1.56. The second kappa shape index (κ2) is 3.93. The monoisotopic (exact) mass is 192 g/mol. The summed E-state index contributed by atoms with van der Waals surface area (Å²) in [6.07, 6.45) is 4.53. The lowest BCUT2D eigenvalue weighted by Gasteiger charge is -2.44. The van der Waals surface area contributed by atoms with Gasteiger partial charge < -0.3 is 10.2 Å². The molecule has 0 aromatic rings. The molecule has 0 unspecified atom stereocenters. The molecule has 2 rings (SSSR count). The topological polar surface area (TPSA) is 32.3 Å². The molecule has 2 radical (unpaired) electrons. The Bertz CT molecular complexity index is 221. The van der Waals surface area contributed by atoms with Crippen LogP contribution in [-0.4, -0.2) is 44.7 Å². The van der Waals surface area contributed by atoms with Crippen LogP contribution in [0.5, 0.6) is 0 Å². The van der Waals surface area contributed by atoms with Crippen LogP contribution >= 0.6 is 0 Å². The number of nitrogens with one attached hydrogen (secondary N) is 1. The van der Waals surface area contributed by atoms with Crippen LogP contribution in [0.25, 0.3) is 0 Å². The fourth-order valence-corrected chi connectivity index (χ4v) is 2.70.